The van der Waals surface area contributed by atoms with Gasteiger partial charge >= 0.3 is 0 Å². The molecule has 3 rings (SSSR count). The number of H-pyrrole nitrogens is 1. The zero-order valence-corrected chi connectivity index (χ0v) is 10.2. The summed E-state index contributed by atoms with van der Waals surface area (Å²) in [4.78, 5) is 3.49. The van der Waals surface area contributed by atoms with Crippen molar-refractivity contribution in [3.8, 4) is 0 Å². The van der Waals surface area contributed by atoms with E-state index in [1.165, 1.54) is 46.6 Å². The number of aromatic nitrogens is 1. The molecular weight excluding hydrogens is 206 g/mol. The Morgan fingerprint density at radius 3 is 2.65 bits per heavy atom. The summed E-state index contributed by atoms with van der Waals surface area (Å²) in [6.07, 6.45) is 3.69. The Morgan fingerprint density at radius 2 is 1.76 bits per heavy atom. The first-order chi connectivity index (χ1) is 8.40. The zero-order chi connectivity index (χ0) is 11.7. The second kappa shape index (κ2) is 4.25. The van der Waals surface area contributed by atoms with Crippen LogP contribution in [0.25, 0.3) is 21.8 Å². The average molecular weight is 223 g/mol. The molecule has 0 fully saturated rings. The van der Waals surface area contributed by atoms with Crippen LogP contribution in [0.2, 0.25) is 0 Å². The van der Waals surface area contributed by atoms with Crippen LogP contribution in [0, 0.1) is 0 Å². The summed E-state index contributed by atoms with van der Waals surface area (Å²) in [5.74, 6) is 0. The lowest BCUT2D eigenvalue weighted by Crippen LogP contribution is -1.85. The Morgan fingerprint density at radius 1 is 0.941 bits per heavy atom. The van der Waals surface area contributed by atoms with Crippen LogP contribution in [0.4, 0.5) is 0 Å². The van der Waals surface area contributed by atoms with E-state index in [-0.39, 0.29) is 0 Å². The molecule has 86 valence electrons. The van der Waals surface area contributed by atoms with Crippen LogP contribution in [0.3, 0.4) is 0 Å². The van der Waals surface area contributed by atoms with Gasteiger partial charge in [-0.25, -0.2) is 0 Å². The van der Waals surface area contributed by atoms with Gasteiger partial charge in [0.2, 0.25) is 0 Å². The van der Waals surface area contributed by atoms with Gasteiger partial charge in [0.15, 0.2) is 0 Å². The second-order valence-corrected chi connectivity index (χ2v) is 4.61. The van der Waals surface area contributed by atoms with Crippen LogP contribution in [-0.4, -0.2) is 4.98 Å². The molecule has 1 heterocycles. The minimum Gasteiger partial charge on any atom is -0.355 e. The standard InChI is InChI=1S/C16H17N/c1-2-3-7-12-8-6-11-15-16(12)13-9-4-5-10-14(13)17-15/h4-6,8-11,17H,2-3,7H2,1H3. The minimum atomic E-state index is 1.18. The quantitative estimate of drug-likeness (QED) is 0.664. The number of rotatable bonds is 3. The molecule has 17 heavy (non-hydrogen) atoms. The molecule has 0 spiro atoms. The number of nitrogens with one attached hydrogen (secondary N) is 1. The molecule has 0 aliphatic heterocycles. The summed E-state index contributed by atoms with van der Waals surface area (Å²) in [6, 6.07) is 15.2. The lowest BCUT2D eigenvalue weighted by Gasteiger charge is -2.02. The first-order valence-electron chi connectivity index (χ1n) is 6.38. The van der Waals surface area contributed by atoms with E-state index in [0.29, 0.717) is 0 Å². The number of aryl methyl sites for hydroxylation is 1. The summed E-state index contributed by atoms with van der Waals surface area (Å²) >= 11 is 0. The van der Waals surface area contributed by atoms with Crippen LogP contribution in [0.5, 0.6) is 0 Å². The Balaban J connectivity index is 2.28. The van der Waals surface area contributed by atoms with E-state index < -0.39 is 0 Å². The molecule has 1 nitrogen and oxygen atoms in total. The third-order valence-electron chi connectivity index (χ3n) is 3.42. The molecule has 0 radical (unpaired) electrons. The fourth-order valence-corrected chi connectivity index (χ4v) is 2.55. The van der Waals surface area contributed by atoms with Gasteiger partial charge in [-0.15, -0.1) is 0 Å². The van der Waals surface area contributed by atoms with Gasteiger partial charge in [-0.2, -0.15) is 0 Å². The number of fused-ring (bicyclic) bond motifs is 3. The third-order valence-corrected chi connectivity index (χ3v) is 3.42. The maximum atomic E-state index is 3.49. The smallest absolute Gasteiger partial charge is 0.0467 e. The maximum absolute atomic E-state index is 3.49. The van der Waals surface area contributed by atoms with Crippen molar-refractivity contribution in [3.63, 3.8) is 0 Å². The highest BCUT2D eigenvalue weighted by atomic mass is 14.7. The molecular formula is C16H17N. The molecule has 1 N–H and O–H groups in total. The number of para-hydroxylation sites is 1. The van der Waals surface area contributed by atoms with Crippen molar-refractivity contribution in [1.29, 1.82) is 0 Å². The topological polar surface area (TPSA) is 15.8 Å². The predicted octanol–water partition coefficient (Wildman–Crippen LogP) is 4.66. The highest BCUT2D eigenvalue weighted by Crippen LogP contribution is 2.28. The summed E-state index contributed by atoms with van der Waals surface area (Å²) < 4.78 is 0. The Hall–Kier alpha value is -1.76. The lowest BCUT2D eigenvalue weighted by molar-refractivity contribution is 0.799. The van der Waals surface area contributed by atoms with Crippen LogP contribution >= 0.6 is 0 Å². The van der Waals surface area contributed by atoms with E-state index in [4.69, 9.17) is 0 Å². The summed E-state index contributed by atoms with van der Waals surface area (Å²) in [5.41, 5.74) is 3.98. The molecule has 0 saturated carbocycles. The maximum Gasteiger partial charge on any atom is 0.0467 e. The average Bonchev–Trinajstić information content (AvgIpc) is 2.75. The number of hydrogen-bond donors (Lipinski definition) is 1. The highest BCUT2D eigenvalue weighted by Gasteiger charge is 2.07. The van der Waals surface area contributed by atoms with E-state index in [0.717, 1.165) is 0 Å². The molecule has 3 aromatic rings. The van der Waals surface area contributed by atoms with Crippen molar-refractivity contribution in [1.82, 2.24) is 4.98 Å². The van der Waals surface area contributed by atoms with E-state index in [1.54, 1.807) is 0 Å². The number of unbranched alkanes of at least 4 members (excludes halogenated alkanes) is 1. The minimum absolute atomic E-state index is 1.18. The molecule has 0 amide bonds. The normalized spacial score (nSPS) is 11.4. The SMILES string of the molecule is CCCCc1cccc2[nH]c3ccccc3c12. The van der Waals surface area contributed by atoms with Crippen LogP contribution < -0.4 is 0 Å². The van der Waals surface area contributed by atoms with Gasteiger partial charge in [0.25, 0.3) is 0 Å². The summed E-state index contributed by atoms with van der Waals surface area (Å²) in [5, 5.41) is 2.77. The van der Waals surface area contributed by atoms with Crippen LogP contribution in [0.15, 0.2) is 42.5 Å². The number of aromatic amines is 1. The lowest BCUT2D eigenvalue weighted by atomic mass is 10.0. The Bertz CT molecular complexity index is 649. The monoisotopic (exact) mass is 223 g/mol. The molecule has 0 aliphatic carbocycles. The van der Waals surface area contributed by atoms with Gasteiger partial charge in [-0.3, -0.25) is 0 Å². The van der Waals surface area contributed by atoms with Gasteiger partial charge < -0.3 is 4.98 Å². The largest absolute Gasteiger partial charge is 0.355 e. The Labute approximate surface area is 101 Å². The van der Waals surface area contributed by atoms with Crippen LogP contribution in [0.1, 0.15) is 25.3 Å². The Kier molecular flexibility index (Phi) is 2.60. The first-order valence-corrected chi connectivity index (χ1v) is 6.38. The zero-order valence-electron chi connectivity index (χ0n) is 10.2. The van der Waals surface area contributed by atoms with Crippen molar-refractivity contribution in [2.75, 3.05) is 0 Å². The fraction of sp³-hybridized carbons (Fsp3) is 0.250. The molecule has 0 aliphatic rings. The molecule has 2 aromatic carbocycles. The summed E-state index contributed by atoms with van der Waals surface area (Å²) in [7, 11) is 0. The fourth-order valence-electron chi connectivity index (χ4n) is 2.55. The van der Waals surface area contributed by atoms with Crippen molar-refractivity contribution < 1.29 is 0 Å². The van der Waals surface area contributed by atoms with Gasteiger partial charge in [0.1, 0.15) is 0 Å². The van der Waals surface area contributed by atoms with E-state index in [1.807, 2.05) is 0 Å². The van der Waals surface area contributed by atoms with Crippen molar-refractivity contribution >= 4 is 21.8 Å². The molecule has 0 saturated heterocycles. The molecule has 0 atom stereocenters. The van der Waals surface area contributed by atoms with Crippen molar-refractivity contribution in [3.05, 3.63) is 48.0 Å². The van der Waals surface area contributed by atoms with Crippen LogP contribution in [-0.2, 0) is 6.42 Å². The van der Waals surface area contributed by atoms with E-state index >= 15 is 0 Å². The van der Waals surface area contributed by atoms with Gasteiger partial charge in [0.05, 0.1) is 0 Å². The second-order valence-electron chi connectivity index (χ2n) is 4.61. The van der Waals surface area contributed by atoms with Gasteiger partial charge in [-0.1, -0.05) is 43.7 Å². The number of hydrogen-bond acceptors (Lipinski definition) is 0. The van der Waals surface area contributed by atoms with Crippen molar-refractivity contribution in [2.24, 2.45) is 0 Å². The molecule has 0 unspecified atom stereocenters. The van der Waals surface area contributed by atoms with Gasteiger partial charge in [-0.05, 0) is 30.5 Å². The van der Waals surface area contributed by atoms with Gasteiger partial charge in [0, 0.05) is 21.8 Å². The first kappa shape index (κ1) is 10.4. The van der Waals surface area contributed by atoms with E-state index in [2.05, 4.69) is 54.4 Å². The number of benzene rings is 2. The predicted molar refractivity (Wildman–Crippen MR) is 74.4 cm³/mol. The molecule has 0 bridgehead atoms. The third kappa shape index (κ3) is 1.72. The molecule has 1 heteroatoms. The molecule has 1 aromatic heterocycles. The summed E-state index contributed by atoms with van der Waals surface area (Å²) in [6.45, 7) is 2.25. The van der Waals surface area contributed by atoms with E-state index in [9.17, 15) is 0 Å². The van der Waals surface area contributed by atoms with Crippen molar-refractivity contribution in [2.45, 2.75) is 26.2 Å². The highest BCUT2D eigenvalue weighted by molar-refractivity contribution is 6.08.